The van der Waals surface area contributed by atoms with E-state index in [-0.39, 0.29) is 11.9 Å². The molecule has 1 fully saturated rings. The summed E-state index contributed by atoms with van der Waals surface area (Å²) in [6.07, 6.45) is 0. The molecule has 1 atom stereocenters. The maximum Gasteiger partial charge on any atom is 0.234 e. The van der Waals surface area contributed by atoms with Crippen molar-refractivity contribution in [2.75, 3.05) is 37.6 Å². The molecule has 1 amide bonds. The van der Waals surface area contributed by atoms with E-state index >= 15 is 0 Å². The number of nitrogens with one attached hydrogen (secondary N) is 1. The lowest BCUT2D eigenvalue weighted by molar-refractivity contribution is -0.123. The van der Waals surface area contributed by atoms with Crippen LogP contribution in [0.4, 0.5) is 5.69 Å². The van der Waals surface area contributed by atoms with E-state index in [1.807, 2.05) is 19.1 Å². The molecule has 138 valence electrons. The second kappa shape index (κ2) is 8.76. The Kier molecular flexibility index (Phi) is 6.41. The summed E-state index contributed by atoms with van der Waals surface area (Å²) in [6, 6.07) is 15.6. The molecule has 2 aromatic carbocycles. The van der Waals surface area contributed by atoms with Crippen LogP contribution < -0.4 is 10.2 Å². The number of hydrogen-bond acceptors (Lipinski definition) is 3. The molecule has 0 unspecified atom stereocenters. The Morgan fingerprint density at radius 3 is 2.42 bits per heavy atom. The number of carbonyl (C=O) groups is 1. The van der Waals surface area contributed by atoms with Gasteiger partial charge in [0.15, 0.2) is 0 Å². The van der Waals surface area contributed by atoms with Crippen molar-refractivity contribution in [1.29, 1.82) is 0 Å². The van der Waals surface area contributed by atoms with Gasteiger partial charge in [-0.05, 0) is 36.8 Å². The summed E-state index contributed by atoms with van der Waals surface area (Å²) in [7, 11) is 0. The summed E-state index contributed by atoms with van der Waals surface area (Å²) in [4.78, 5) is 16.9. The minimum absolute atomic E-state index is 0.0108. The molecule has 4 nitrogen and oxygen atoms in total. The Labute approximate surface area is 164 Å². The van der Waals surface area contributed by atoms with E-state index in [0.717, 1.165) is 31.7 Å². The number of carbonyl (C=O) groups excluding carboxylic acids is 1. The average Bonchev–Trinajstić information content (AvgIpc) is 2.63. The molecule has 1 aliphatic heterocycles. The van der Waals surface area contributed by atoms with Gasteiger partial charge in [-0.25, -0.2) is 0 Å². The van der Waals surface area contributed by atoms with Crippen molar-refractivity contribution in [1.82, 2.24) is 10.2 Å². The molecule has 0 aliphatic carbocycles. The third-order valence-electron chi connectivity index (χ3n) is 4.67. The molecular weight excluding hydrogens is 369 g/mol. The molecule has 0 saturated carbocycles. The number of halogens is 2. The molecule has 3 rings (SSSR count). The fourth-order valence-corrected chi connectivity index (χ4v) is 3.80. The second-order valence-electron chi connectivity index (χ2n) is 6.55. The van der Waals surface area contributed by atoms with Crippen LogP contribution >= 0.6 is 23.2 Å². The van der Waals surface area contributed by atoms with Crippen LogP contribution in [0.1, 0.15) is 18.5 Å². The monoisotopic (exact) mass is 391 g/mol. The number of nitrogens with zero attached hydrogens (tertiary/aromatic N) is 2. The maximum atomic E-state index is 12.4. The minimum Gasteiger partial charge on any atom is -0.369 e. The van der Waals surface area contributed by atoms with Gasteiger partial charge in [0.25, 0.3) is 0 Å². The Hall–Kier alpha value is -1.75. The van der Waals surface area contributed by atoms with Crippen molar-refractivity contribution >= 4 is 34.8 Å². The summed E-state index contributed by atoms with van der Waals surface area (Å²) >= 11 is 12.2. The van der Waals surface area contributed by atoms with E-state index in [0.29, 0.717) is 16.6 Å². The van der Waals surface area contributed by atoms with Crippen LogP contribution in [0.15, 0.2) is 48.5 Å². The molecule has 0 aromatic heterocycles. The molecule has 0 spiro atoms. The number of amides is 1. The lowest BCUT2D eigenvalue weighted by atomic mass is 10.1. The van der Waals surface area contributed by atoms with Crippen molar-refractivity contribution < 1.29 is 4.79 Å². The molecule has 6 heteroatoms. The summed E-state index contributed by atoms with van der Waals surface area (Å²) in [5.41, 5.74) is 2.11. The Morgan fingerprint density at radius 1 is 1.08 bits per heavy atom. The largest absolute Gasteiger partial charge is 0.369 e. The van der Waals surface area contributed by atoms with Gasteiger partial charge in [0.05, 0.1) is 12.6 Å². The van der Waals surface area contributed by atoms with Gasteiger partial charge in [-0.1, -0.05) is 47.5 Å². The number of rotatable bonds is 5. The summed E-state index contributed by atoms with van der Waals surface area (Å²) in [5.74, 6) is 0.0108. The normalized spacial score (nSPS) is 16.3. The standard InChI is InChI=1S/C20H23Cl2N3O/c1-15(18-8-7-16(21)13-19(18)22)23-20(26)14-24-9-11-25(12-10-24)17-5-3-2-4-6-17/h2-8,13,15H,9-12,14H2,1H3,(H,23,26)/t15-/m0/s1. The first-order chi connectivity index (χ1) is 12.5. The zero-order valence-electron chi connectivity index (χ0n) is 14.8. The van der Waals surface area contributed by atoms with Crippen molar-refractivity contribution in [3.8, 4) is 0 Å². The first kappa shape index (κ1) is 19.0. The van der Waals surface area contributed by atoms with Crippen LogP contribution in [-0.2, 0) is 4.79 Å². The predicted molar refractivity (Wildman–Crippen MR) is 108 cm³/mol. The first-order valence-corrected chi connectivity index (χ1v) is 9.55. The van der Waals surface area contributed by atoms with E-state index in [1.54, 1.807) is 12.1 Å². The van der Waals surface area contributed by atoms with Crippen molar-refractivity contribution in [3.05, 3.63) is 64.1 Å². The van der Waals surface area contributed by atoms with Crippen LogP contribution in [0.3, 0.4) is 0 Å². The molecule has 0 radical (unpaired) electrons. The third-order valence-corrected chi connectivity index (χ3v) is 5.23. The van der Waals surface area contributed by atoms with Crippen LogP contribution in [0.2, 0.25) is 10.0 Å². The van der Waals surface area contributed by atoms with Crippen LogP contribution in [0.5, 0.6) is 0 Å². The van der Waals surface area contributed by atoms with E-state index in [2.05, 4.69) is 39.4 Å². The smallest absolute Gasteiger partial charge is 0.234 e. The average molecular weight is 392 g/mol. The van der Waals surface area contributed by atoms with Crippen LogP contribution in [0.25, 0.3) is 0 Å². The van der Waals surface area contributed by atoms with Gasteiger partial charge < -0.3 is 10.2 Å². The Balaban J connectivity index is 1.48. The van der Waals surface area contributed by atoms with Crippen molar-refractivity contribution in [2.24, 2.45) is 0 Å². The molecular formula is C20H23Cl2N3O. The molecule has 2 aromatic rings. The predicted octanol–water partition coefficient (Wildman–Crippen LogP) is 3.99. The van der Waals surface area contributed by atoms with Gasteiger partial charge in [0.1, 0.15) is 0 Å². The van der Waals surface area contributed by atoms with Gasteiger partial charge in [0.2, 0.25) is 5.91 Å². The molecule has 1 N–H and O–H groups in total. The molecule has 1 saturated heterocycles. The quantitative estimate of drug-likeness (QED) is 0.836. The van der Waals surface area contributed by atoms with Gasteiger partial charge >= 0.3 is 0 Å². The summed E-state index contributed by atoms with van der Waals surface area (Å²) < 4.78 is 0. The lowest BCUT2D eigenvalue weighted by Gasteiger charge is -2.35. The summed E-state index contributed by atoms with van der Waals surface area (Å²) in [6.45, 7) is 5.93. The summed E-state index contributed by atoms with van der Waals surface area (Å²) in [5, 5.41) is 4.19. The fourth-order valence-electron chi connectivity index (χ4n) is 3.22. The highest BCUT2D eigenvalue weighted by atomic mass is 35.5. The van der Waals surface area contributed by atoms with Crippen molar-refractivity contribution in [2.45, 2.75) is 13.0 Å². The van der Waals surface area contributed by atoms with E-state index in [9.17, 15) is 4.79 Å². The maximum absolute atomic E-state index is 12.4. The zero-order chi connectivity index (χ0) is 18.5. The molecule has 1 aliphatic rings. The van der Waals surface area contributed by atoms with E-state index < -0.39 is 0 Å². The number of piperazine rings is 1. The van der Waals surface area contributed by atoms with Crippen molar-refractivity contribution in [3.63, 3.8) is 0 Å². The fraction of sp³-hybridized carbons (Fsp3) is 0.350. The SMILES string of the molecule is C[C@H](NC(=O)CN1CCN(c2ccccc2)CC1)c1ccc(Cl)cc1Cl. The van der Waals surface area contributed by atoms with Gasteiger partial charge in [-0.2, -0.15) is 0 Å². The zero-order valence-corrected chi connectivity index (χ0v) is 16.3. The highest BCUT2D eigenvalue weighted by molar-refractivity contribution is 6.35. The number of hydrogen-bond donors (Lipinski definition) is 1. The Bertz CT molecular complexity index is 746. The third kappa shape index (κ3) is 4.91. The minimum atomic E-state index is -0.155. The molecule has 0 bridgehead atoms. The first-order valence-electron chi connectivity index (χ1n) is 8.79. The van der Waals surface area contributed by atoms with Gasteiger partial charge in [-0.15, -0.1) is 0 Å². The Morgan fingerprint density at radius 2 is 1.77 bits per heavy atom. The lowest BCUT2D eigenvalue weighted by Crippen LogP contribution is -2.49. The second-order valence-corrected chi connectivity index (χ2v) is 7.40. The van der Waals surface area contributed by atoms with E-state index in [1.165, 1.54) is 5.69 Å². The van der Waals surface area contributed by atoms with Gasteiger partial charge in [0, 0.05) is 41.9 Å². The number of benzene rings is 2. The van der Waals surface area contributed by atoms with Crippen LogP contribution in [0, 0.1) is 0 Å². The van der Waals surface area contributed by atoms with E-state index in [4.69, 9.17) is 23.2 Å². The van der Waals surface area contributed by atoms with Crippen LogP contribution in [-0.4, -0.2) is 43.5 Å². The molecule has 26 heavy (non-hydrogen) atoms. The highest BCUT2D eigenvalue weighted by Gasteiger charge is 2.20. The topological polar surface area (TPSA) is 35.6 Å². The molecule has 1 heterocycles. The number of anilines is 1. The number of para-hydroxylation sites is 1. The van der Waals surface area contributed by atoms with Gasteiger partial charge in [-0.3, -0.25) is 9.69 Å². The highest BCUT2D eigenvalue weighted by Crippen LogP contribution is 2.26.